The zero-order valence-corrected chi connectivity index (χ0v) is 10.4. The number of carbonyl (C=O) groups excluding carboxylic acids is 1. The standard InChI is InChI=1S/C11H15ClN2O4/c12-8-1-6(2-11(14)17)10(3-9(8)16)18-5-7(15)4-13/h1,3,7,15-16H,2,4-5,13H2,(H2,14,17)/t7-/m0/s1. The van der Waals surface area contributed by atoms with Crippen LogP contribution in [0.2, 0.25) is 5.02 Å². The highest BCUT2D eigenvalue weighted by atomic mass is 35.5. The van der Waals surface area contributed by atoms with Crippen LogP contribution in [0.15, 0.2) is 12.1 Å². The molecule has 7 heteroatoms. The second kappa shape index (κ2) is 6.44. The number of phenolic OH excluding ortho intramolecular Hbond substituents is 1. The molecule has 0 aliphatic heterocycles. The van der Waals surface area contributed by atoms with Gasteiger partial charge in [0, 0.05) is 18.2 Å². The summed E-state index contributed by atoms with van der Waals surface area (Å²) in [6.07, 6.45) is -0.905. The monoisotopic (exact) mass is 274 g/mol. The topological polar surface area (TPSA) is 119 Å². The maximum absolute atomic E-state index is 10.9. The van der Waals surface area contributed by atoms with E-state index in [1.807, 2.05) is 0 Å². The fraction of sp³-hybridized carbons (Fsp3) is 0.364. The SMILES string of the molecule is NC[C@H](O)COc1cc(O)c(Cl)cc1CC(N)=O. The van der Waals surface area contributed by atoms with Crippen LogP contribution in [0.5, 0.6) is 11.5 Å². The van der Waals surface area contributed by atoms with Crippen molar-refractivity contribution in [3.8, 4) is 11.5 Å². The van der Waals surface area contributed by atoms with Gasteiger partial charge in [-0.1, -0.05) is 11.6 Å². The summed E-state index contributed by atoms with van der Waals surface area (Å²) >= 11 is 5.73. The Hall–Kier alpha value is -1.50. The van der Waals surface area contributed by atoms with Crippen molar-refractivity contribution >= 4 is 17.5 Å². The number of halogens is 1. The Kier molecular flexibility index (Phi) is 5.21. The second-order valence-corrected chi connectivity index (χ2v) is 4.16. The molecule has 0 saturated heterocycles. The number of ether oxygens (including phenoxy) is 1. The van der Waals surface area contributed by atoms with E-state index in [0.717, 1.165) is 0 Å². The van der Waals surface area contributed by atoms with E-state index in [9.17, 15) is 15.0 Å². The Morgan fingerprint density at radius 3 is 2.72 bits per heavy atom. The van der Waals surface area contributed by atoms with Crippen molar-refractivity contribution in [3.05, 3.63) is 22.7 Å². The first-order valence-electron chi connectivity index (χ1n) is 5.24. The average molecular weight is 275 g/mol. The van der Waals surface area contributed by atoms with Crippen molar-refractivity contribution in [3.63, 3.8) is 0 Å². The highest BCUT2D eigenvalue weighted by Crippen LogP contribution is 2.32. The summed E-state index contributed by atoms with van der Waals surface area (Å²) in [4.78, 5) is 10.9. The lowest BCUT2D eigenvalue weighted by atomic mass is 10.1. The zero-order valence-electron chi connectivity index (χ0n) is 9.60. The third-order valence-electron chi connectivity index (χ3n) is 2.20. The molecule has 0 saturated carbocycles. The van der Waals surface area contributed by atoms with E-state index in [0.29, 0.717) is 5.56 Å². The van der Waals surface area contributed by atoms with Crippen LogP contribution in [0.3, 0.4) is 0 Å². The summed E-state index contributed by atoms with van der Waals surface area (Å²) in [5, 5.41) is 18.8. The first-order chi connectivity index (χ1) is 8.43. The van der Waals surface area contributed by atoms with Crippen LogP contribution < -0.4 is 16.2 Å². The third kappa shape index (κ3) is 4.06. The molecule has 6 nitrogen and oxygen atoms in total. The largest absolute Gasteiger partial charge is 0.506 e. The molecule has 0 unspecified atom stereocenters. The van der Waals surface area contributed by atoms with Gasteiger partial charge in [-0.3, -0.25) is 4.79 Å². The first kappa shape index (κ1) is 14.6. The summed E-state index contributed by atoms with van der Waals surface area (Å²) in [7, 11) is 0. The van der Waals surface area contributed by atoms with Crippen LogP contribution >= 0.6 is 11.6 Å². The van der Waals surface area contributed by atoms with Gasteiger partial charge >= 0.3 is 0 Å². The molecule has 1 amide bonds. The Balaban J connectivity index is 2.92. The van der Waals surface area contributed by atoms with Gasteiger partial charge in [0.1, 0.15) is 24.2 Å². The van der Waals surface area contributed by atoms with Gasteiger partial charge in [-0.2, -0.15) is 0 Å². The normalized spacial score (nSPS) is 12.2. The molecule has 1 aromatic rings. The number of primary amides is 1. The molecule has 0 aromatic heterocycles. The molecule has 1 aromatic carbocycles. The van der Waals surface area contributed by atoms with Crippen molar-refractivity contribution in [2.45, 2.75) is 12.5 Å². The van der Waals surface area contributed by atoms with Gasteiger partial charge in [0.15, 0.2) is 0 Å². The molecule has 0 aliphatic carbocycles. The molecule has 1 rings (SSSR count). The first-order valence-corrected chi connectivity index (χ1v) is 5.62. The van der Waals surface area contributed by atoms with E-state index in [4.69, 9.17) is 27.8 Å². The molecular formula is C11H15ClN2O4. The van der Waals surface area contributed by atoms with Gasteiger partial charge in [-0.25, -0.2) is 0 Å². The smallest absolute Gasteiger partial charge is 0.221 e. The van der Waals surface area contributed by atoms with Gasteiger partial charge in [0.25, 0.3) is 0 Å². The van der Waals surface area contributed by atoms with Crippen LogP contribution in [0.1, 0.15) is 5.56 Å². The van der Waals surface area contributed by atoms with Crippen LogP contribution in [-0.4, -0.2) is 35.4 Å². The van der Waals surface area contributed by atoms with Crippen LogP contribution in [0.25, 0.3) is 0 Å². The summed E-state index contributed by atoms with van der Waals surface area (Å²) < 4.78 is 5.27. The second-order valence-electron chi connectivity index (χ2n) is 3.75. The number of benzene rings is 1. The van der Waals surface area contributed by atoms with E-state index in [-0.39, 0.29) is 36.1 Å². The Morgan fingerprint density at radius 2 is 2.17 bits per heavy atom. The van der Waals surface area contributed by atoms with Crippen LogP contribution in [0, 0.1) is 0 Å². The van der Waals surface area contributed by atoms with Crippen molar-refractivity contribution in [2.24, 2.45) is 11.5 Å². The number of amides is 1. The summed E-state index contributed by atoms with van der Waals surface area (Å²) in [6, 6.07) is 2.66. The summed E-state index contributed by atoms with van der Waals surface area (Å²) in [5.74, 6) is -0.494. The van der Waals surface area contributed by atoms with Crippen LogP contribution in [0.4, 0.5) is 0 Å². The molecule has 6 N–H and O–H groups in total. The van der Waals surface area contributed by atoms with Crippen LogP contribution in [-0.2, 0) is 11.2 Å². The van der Waals surface area contributed by atoms with Gasteiger partial charge in [0.2, 0.25) is 5.91 Å². The number of aliphatic hydroxyl groups is 1. The minimum Gasteiger partial charge on any atom is -0.506 e. The molecule has 100 valence electrons. The highest BCUT2D eigenvalue weighted by molar-refractivity contribution is 6.32. The Morgan fingerprint density at radius 1 is 1.50 bits per heavy atom. The summed E-state index contributed by atoms with van der Waals surface area (Å²) in [6.45, 7) is -0.00589. The van der Waals surface area contributed by atoms with Gasteiger partial charge in [0.05, 0.1) is 11.4 Å². The molecule has 0 heterocycles. The number of hydrogen-bond donors (Lipinski definition) is 4. The van der Waals surface area contributed by atoms with Gasteiger partial charge < -0.3 is 26.4 Å². The summed E-state index contributed by atoms with van der Waals surface area (Å²) in [5.41, 5.74) is 10.8. The molecule has 0 bridgehead atoms. The Labute approximate surface area is 109 Å². The number of nitrogens with two attached hydrogens (primary N) is 2. The van der Waals surface area contributed by atoms with Crippen molar-refractivity contribution in [1.29, 1.82) is 0 Å². The molecule has 1 atom stereocenters. The number of hydrogen-bond acceptors (Lipinski definition) is 5. The Bertz CT molecular complexity index is 439. The number of carbonyl (C=O) groups is 1. The van der Waals surface area contributed by atoms with Crippen molar-refractivity contribution < 1.29 is 19.7 Å². The minimum absolute atomic E-state index is 0.0464. The van der Waals surface area contributed by atoms with E-state index >= 15 is 0 Å². The highest BCUT2D eigenvalue weighted by Gasteiger charge is 2.13. The lowest BCUT2D eigenvalue weighted by molar-refractivity contribution is -0.117. The quantitative estimate of drug-likeness (QED) is 0.571. The fourth-order valence-corrected chi connectivity index (χ4v) is 1.48. The van der Waals surface area contributed by atoms with E-state index in [2.05, 4.69) is 0 Å². The average Bonchev–Trinajstić information content (AvgIpc) is 2.30. The van der Waals surface area contributed by atoms with Crippen molar-refractivity contribution in [2.75, 3.05) is 13.2 Å². The molecule has 0 aliphatic rings. The zero-order chi connectivity index (χ0) is 13.7. The molecule has 0 radical (unpaired) electrons. The number of aliphatic hydroxyl groups excluding tert-OH is 1. The maximum atomic E-state index is 10.9. The van der Waals surface area contributed by atoms with Gasteiger partial charge in [-0.05, 0) is 6.07 Å². The number of phenols is 1. The van der Waals surface area contributed by atoms with E-state index < -0.39 is 12.0 Å². The molecule has 0 fully saturated rings. The maximum Gasteiger partial charge on any atom is 0.221 e. The van der Waals surface area contributed by atoms with E-state index in [1.54, 1.807) is 0 Å². The van der Waals surface area contributed by atoms with E-state index in [1.165, 1.54) is 12.1 Å². The lowest BCUT2D eigenvalue weighted by Crippen LogP contribution is -2.27. The fourth-order valence-electron chi connectivity index (χ4n) is 1.30. The lowest BCUT2D eigenvalue weighted by Gasteiger charge is -2.14. The molecular weight excluding hydrogens is 260 g/mol. The molecule has 18 heavy (non-hydrogen) atoms. The molecule has 0 spiro atoms. The minimum atomic E-state index is -0.829. The number of aromatic hydroxyl groups is 1. The predicted octanol–water partition coefficient (Wildman–Crippen LogP) is -0.228. The number of rotatable bonds is 6. The predicted molar refractivity (Wildman–Crippen MR) is 66.6 cm³/mol. The van der Waals surface area contributed by atoms with Gasteiger partial charge in [-0.15, -0.1) is 0 Å². The third-order valence-corrected chi connectivity index (χ3v) is 2.50. The van der Waals surface area contributed by atoms with Crippen molar-refractivity contribution in [1.82, 2.24) is 0 Å².